The van der Waals surface area contributed by atoms with Crippen LogP contribution in [0.4, 0.5) is 5.82 Å². The molecular weight excluding hydrogens is 330 g/mol. The molecule has 1 unspecified atom stereocenters. The van der Waals surface area contributed by atoms with Gasteiger partial charge in [0.2, 0.25) is 5.91 Å². The van der Waals surface area contributed by atoms with Gasteiger partial charge in [-0.25, -0.2) is 4.98 Å². The minimum Gasteiger partial charge on any atom is -0.355 e. The number of aromatic nitrogens is 1. The fourth-order valence-corrected chi connectivity index (χ4v) is 3.39. The van der Waals surface area contributed by atoms with Crippen LogP contribution in [0, 0.1) is 5.92 Å². The van der Waals surface area contributed by atoms with Gasteiger partial charge in [-0.15, -0.1) is 0 Å². The number of likely N-dealkylation sites (N-methyl/N-ethyl adjacent to an activating group) is 1. The lowest BCUT2D eigenvalue weighted by molar-refractivity contribution is -0.139. The van der Waals surface area contributed by atoms with E-state index in [1.54, 1.807) is 0 Å². The van der Waals surface area contributed by atoms with Crippen LogP contribution in [-0.2, 0) is 4.79 Å². The van der Waals surface area contributed by atoms with Crippen molar-refractivity contribution in [3.63, 3.8) is 0 Å². The molecule has 1 saturated carbocycles. The standard InChI is InChI=1S/C16H22BrN3O/c1-19(16(21)12-4-2-5-12)14-6-3-9-20(11-14)15-8-7-13(17)10-18-15/h7-8,10,12,14H,2-6,9,11H2,1H3. The van der Waals surface area contributed by atoms with Gasteiger partial charge in [0.15, 0.2) is 0 Å². The summed E-state index contributed by atoms with van der Waals surface area (Å²) in [5.41, 5.74) is 0. The maximum Gasteiger partial charge on any atom is 0.225 e. The number of amides is 1. The quantitative estimate of drug-likeness (QED) is 0.839. The Morgan fingerprint density at radius 2 is 2.14 bits per heavy atom. The van der Waals surface area contributed by atoms with E-state index in [9.17, 15) is 4.79 Å². The van der Waals surface area contributed by atoms with E-state index in [-0.39, 0.29) is 5.92 Å². The molecule has 3 rings (SSSR count). The molecule has 0 aromatic carbocycles. The van der Waals surface area contributed by atoms with Crippen molar-refractivity contribution in [2.75, 3.05) is 25.0 Å². The molecule has 2 aliphatic rings. The Balaban J connectivity index is 1.64. The zero-order valence-electron chi connectivity index (χ0n) is 12.5. The number of pyridine rings is 1. The number of anilines is 1. The van der Waals surface area contributed by atoms with Gasteiger partial charge < -0.3 is 9.80 Å². The van der Waals surface area contributed by atoms with Gasteiger partial charge in [-0.2, -0.15) is 0 Å². The minimum atomic E-state index is 0.288. The van der Waals surface area contributed by atoms with Crippen LogP contribution in [0.1, 0.15) is 32.1 Å². The van der Waals surface area contributed by atoms with Crippen molar-refractivity contribution in [3.05, 3.63) is 22.8 Å². The molecule has 2 fully saturated rings. The zero-order valence-corrected chi connectivity index (χ0v) is 14.1. The number of rotatable bonds is 3. The van der Waals surface area contributed by atoms with Gasteiger partial charge in [-0.1, -0.05) is 6.42 Å². The fraction of sp³-hybridized carbons (Fsp3) is 0.625. The van der Waals surface area contributed by atoms with Gasteiger partial charge in [0.1, 0.15) is 5.82 Å². The highest BCUT2D eigenvalue weighted by molar-refractivity contribution is 9.10. The summed E-state index contributed by atoms with van der Waals surface area (Å²) in [4.78, 5) is 21.2. The molecule has 1 aromatic rings. The third kappa shape index (κ3) is 3.23. The molecular formula is C16H22BrN3O. The van der Waals surface area contributed by atoms with Crippen LogP contribution in [0.2, 0.25) is 0 Å². The summed E-state index contributed by atoms with van der Waals surface area (Å²) in [6, 6.07) is 4.38. The molecule has 114 valence electrons. The van der Waals surface area contributed by atoms with E-state index in [4.69, 9.17) is 0 Å². The van der Waals surface area contributed by atoms with E-state index in [1.807, 2.05) is 30.3 Å². The first-order chi connectivity index (χ1) is 10.1. The first-order valence-electron chi connectivity index (χ1n) is 7.78. The normalized spacial score (nSPS) is 22.8. The summed E-state index contributed by atoms with van der Waals surface area (Å²) in [5, 5.41) is 0. The monoisotopic (exact) mass is 351 g/mol. The van der Waals surface area contributed by atoms with Crippen molar-refractivity contribution < 1.29 is 4.79 Å². The topological polar surface area (TPSA) is 36.4 Å². The fourth-order valence-electron chi connectivity index (χ4n) is 3.16. The van der Waals surface area contributed by atoms with E-state index in [1.165, 1.54) is 6.42 Å². The average molecular weight is 352 g/mol. The largest absolute Gasteiger partial charge is 0.355 e. The molecule has 21 heavy (non-hydrogen) atoms. The lowest BCUT2D eigenvalue weighted by atomic mass is 9.84. The Bertz CT molecular complexity index is 501. The molecule has 2 heterocycles. The Morgan fingerprint density at radius 3 is 2.76 bits per heavy atom. The number of nitrogens with zero attached hydrogens (tertiary/aromatic N) is 3. The predicted molar refractivity (Wildman–Crippen MR) is 87.3 cm³/mol. The second-order valence-electron chi connectivity index (χ2n) is 6.15. The highest BCUT2D eigenvalue weighted by atomic mass is 79.9. The minimum absolute atomic E-state index is 0.288. The molecule has 0 spiro atoms. The van der Waals surface area contributed by atoms with E-state index in [2.05, 4.69) is 25.8 Å². The molecule has 1 atom stereocenters. The second kappa shape index (κ2) is 6.34. The molecule has 0 N–H and O–H groups in total. The molecule has 4 nitrogen and oxygen atoms in total. The maximum atomic E-state index is 12.4. The van der Waals surface area contributed by atoms with Gasteiger partial charge in [0.05, 0.1) is 0 Å². The second-order valence-corrected chi connectivity index (χ2v) is 7.07. The van der Waals surface area contributed by atoms with Crippen molar-refractivity contribution in [1.29, 1.82) is 0 Å². The SMILES string of the molecule is CN(C(=O)C1CCC1)C1CCCN(c2ccc(Br)cn2)C1. The van der Waals surface area contributed by atoms with Gasteiger partial charge in [-0.05, 0) is 53.7 Å². The molecule has 1 amide bonds. The molecule has 0 bridgehead atoms. The highest BCUT2D eigenvalue weighted by Gasteiger charge is 2.33. The number of hydrogen-bond donors (Lipinski definition) is 0. The van der Waals surface area contributed by atoms with Crippen molar-refractivity contribution in [2.45, 2.75) is 38.1 Å². The van der Waals surface area contributed by atoms with E-state index in [0.29, 0.717) is 11.9 Å². The number of piperidine rings is 1. The maximum absolute atomic E-state index is 12.4. The Labute approximate surface area is 134 Å². The third-order valence-corrected chi connectivity index (χ3v) is 5.25. The van der Waals surface area contributed by atoms with Crippen molar-refractivity contribution in [1.82, 2.24) is 9.88 Å². The average Bonchev–Trinajstić information content (AvgIpc) is 2.45. The van der Waals surface area contributed by atoms with Crippen LogP contribution in [0.3, 0.4) is 0 Å². The summed E-state index contributed by atoms with van der Waals surface area (Å²) in [6.07, 6.45) is 7.42. The van der Waals surface area contributed by atoms with E-state index in [0.717, 1.165) is 49.1 Å². The summed E-state index contributed by atoms with van der Waals surface area (Å²) in [5.74, 6) is 1.64. The lowest BCUT2D eigenvalue weighted by Gasteiger charge is -2.40. The summed E-state index contributed by atoms with van der Waals surface area (Å²) in [7, 11) is 1.98. The number of halogens is 1. The first-order valence-corrected chi connectivity index (χ1v) is 8.57. The molecule has 1 aromatic heterocycles. The number of hydrogen-bond acceptors (Lipinski definition) is 3. The Morgan fingerprint density at radius 1 is 1.33 bits per heavy atom. The van der Waals surface area contributed by atoms with Crippen molar-refractivity contribution in [2.24, 2.45) is 5.92 Å². The van der Waals surface area contributed by atoms with Crippen LogP contribution in [0.5, 0.6) is 0 Å². The number of carbonyl (C=O) groups is 1. The van der Waals surface area contributed by atoms with Crippen molar-refractivity contribution >= 4 is 27.7 Å². The third-order valence-electron chi connectivity index (χ3n) is 4.78. The molecule has 0 radical (unpaired) electrons. The van der Waals surface area contributed by atoms with Gasteiger partial charge in [0, 0.05) is 42.8 Å². The van der Waals surface area contributed by atoms with Gasteiger partial charge in [-0.3, -0.25) is 4.79 Å². The molecule has 1 aliphatic carbocycles. The van der Waals surface area contributed by atoms with Crippen LogP contribution >= 0.6 is 15.9 Å². The van der Waals surface area contributed by atoms with Crippen LogP contribution in [0.15, 0.2) is 22.8 Å². The van der Waals surface area contributed by atoms with Gasteiger partial charge >= 0.3 is 0 Å². The zero-order chi connectivity index (χ0) is 14.8. The molecule has 5 heteroatoms. The van der Waals surface area contributed by atoms with Crippen LogP contribution in [0.25, 0.3) is 0 Å². The molecule has 1 saturated heterocycles. The summed E-state index contributed by atoms with van der Waals surface area (Å²) >= 11 is 3.42. The Hall–Kier alpha value is -1.10. The van der Waals surface area contributed by atoms with E-state index >= 15 is 0 Å². The van der Waals surface area contributed by atoms with Gasteiger partial charge in [0.25, 0.3) is 0 Å². The van der Waals surface area contributed by atoms with E-state index < -0.39 is 0 Å². The van der Waals surface area contributed by atoms with Crippen LogP contribution < -0.4 is 4.90 Å². The van der Waals surface area contributed by atoms with Crippen LogP contribution in [-0.4, -0.2) is 42.0 Å². The summed E-state index contributed by atoms with van der Waals surface area (Å²) in [6.45, 7) is 1.92. The van der Waals surface area contributed by atoms with Crippen molar-refractivity contribution in [3.8, 4) is 0 Å². The Kier molecular flexibility index (Phi) is 4.48. The summed E-state index contributed by atoms with van der Waals surface area (Å²) < 4.78 is 0.997. The molecule has 1 aliphatic heterocycles. The predicted octanol–water partition coefficient (Wildman–Crippen LogP) is 3.07. The first kappa shape index (κ1) is 14.8. The highest BCUT2D eigenvalue weighted by Crippen LogP contribution is 2.30. The lowest BCUT2D eigenvalue weighted by Crippen LogP contribution is -2.51. The number of carbonyl (C=O) groups excluding carboxylic acids is 1. The smallest absolute Gasteiger partial charge is 0.225 e.